The van der Waals surface area contributed by atoms with Crippen molar-refractivity contribution in [2.24, 2.45) is 7.05 Å². The number of halogens is 1. The van der Waals surface area contributed by atoms with Crippen LogP contribution >= 0.6 is 27.3 Å². The Labute approximate surface area is 130 Å². The summed E-state index contributed by atoms with van der Waals surface area (Å²) < 4.78 is 29.4. The zero-order valence-corrected chi connectivity index (χ0v) is 14.3. The third kappa shape index (κ3) is 3.67. The summed E-state index contributed by atoms with van der Waals surface area (Å²) in [7, 11) is 0.0824. The molecule has 20 heavy (non-hydrogen) atoms. The Morgan fingerprint density at radius 3 is 2.80 bits per heavy atom. The predicted molar refractivity (Wildman–Crippen MR) is 82.0 cm³/mol. The summed E-state index contributed by atoms with van der Waals surface area (Å²) in [5, 5.41) is 7.00. The fourth-order valence-electron chi connectivity index (χ4n) is 1.66. The number of rotatable bonds is 6. The van der Waals surface area contributed by atoms with E-state index >= 15 is 0 Å². The van der Waals surface area contributed by atoms with Gasteiger partial charge in [-0.3, -0.25) is 4.68 Å². The number of thiophene rings is 1. The summed E-state index contributed by atoms with van der Waals surface area (Å²) in [6.45, 7) is 0.862. The van der Waals surface area contributed by atoms with E-state index in [9.17, 15) is 8.42 Å². The third-order valence-corrected chi connectivity index (χ3v) is 6.23. The van der Waals surface area contributed by atoms with Crippen molar-refractivity contribution in [3.8, 4) is 0 Å². The Morgan fingerprint density at radius 1 is 1.45 bits per heavy atom. The van der Waals surface area contributed by atoms with Crippen LogP contribution in [0.2, 0.25) is 0 Å². The highest BCUT2D eigenvalue weighted by molar-refractivity contribution is 9.11. The molecule has 0 aromatic carbocycles. The molecule has 0 aliphatic rings. The zero-order chi connectivity index (χ0) is 14.8. The molecule has 2 N–H and O–H groups in total. The van der Waals surface area contributed by atoms with Crippen LogP contribution in [0.25, 0.3) is 0 Å². The molecule has 0 saturated heterocycles. The van der Waals surface area contributed by atoms with Gasteiger partial charge in [-0.2, -0.15) is 5.10 Å². The number of hydrogen-bond acceptors (Lipinski definition) is 5. The fraction of sp³-hybridized carbons (Fsp3) is 0.364. The maximum absolute atomic E-state index is 12.3. The number of nitrogens with one attached hydrogen (secondary N) is 2. The van der Waals surface area contributed by atoms with Gasteiger partial charge in [-0.05, 0) is 29.0 Å². The lowest BCUT2D eigenvalue weighted by Crippen LogP contribution is -2.23. The summed E-state index contributed by atoms with van der Waals surface area (Å²) >= 11 is 4.72. The molecule has 0 saturated carbocycles. The number of nitrogens with zero attached hydrogens (tertiary/aromatic N) is 2. The first kappa shape index (κ1) is 15.6. The molecule has 0 bridgehead atoms. The molecule has 0 aliphatic carbocycles. The van der Waals surface area contributed by atoms with Gasteiger partial charge >= 0.3 is 0 Å². The van der Waals surface area contributed by atoms with Crippen molar-refractivity contribution in [1.82, 2.24) is 19.8 Å². The Hall–Kier alpha value is -0.740. The van der Waals surface area contributed by atoms with Gasteiger partial charge in [-0.1, -0.05) is 0 Å². The van der Waals surface area contributed by atoms with Crippen molar-refractivity contribution in [3.63, 3.8) is 0 Å². The normalized spacial score (nSPS) is 11.9. The van der Waals surface area contributed by atoms with E-state index in [1.807, 2.05) is 7.05 Å². The molecule has 110 valence electrons. The summed E-state index contributed by atoms with van der Waals surface area (Å²) in [4.78, 5) is 1.23. The number of hydrogen-bond donors (Lipinski definition) is 2. The molecule has 0 spiro atoms. The lowest BCUT2D eigenvalue weighted by Gasteiger charge is -2.04. The molecule has 2 aromatic heterocycles. The van der Waals surface area contributed by atoms with Crippen LogP contribution in [-0.2, 0) is 30.2 Å². The van der Waals surface area contributed by atoms with Gasteiger partial charge in [0.2, 0.25) is 10.0 Å². The molecule has 9 heteroatoms. The second-order valence-electron chi connectivity index (χ2n) is 4.23. The third-order valence-electron chi connectivity index (χ3n) is 2.57. The van der Waals surface area contributed by atoms with Gasteiger partial charge in [0.25, 0.3) is 0 Å². The van der Waals surface area contributed by atoms with E-state index in [-0.39, 0.29) is 11.4 Å². The summed E-state index contributed by atoms with van der Waals surface area (Å²) in [5.41, 5.74) is 0.817. The maximum Gasteiger partial charge on any atom is 0.242 e. The van der Waals surface area contributed by atoms with Crippen molar-refractivity contribution >= 4 is 37.3 Å². The largest absolute Gasteiger partial charge is 0.315 e. The minimum Gasteiger partial charge on any atom is -0.315 e. The SMILES string of the molecule is CNCc1cc(S(=O)(=O)NCc2cnn(C)c2)c(Br)s1. The monoisotopic (exact) mass is 378 g/mol. The van der Waals surface area contributed by atoms with Crippen molar-refractivity contribution in [2.75, 3.05) is 7.05 Å². The summed E-state index contributed by atoms with van der Waals surface area (Å²) in [6.07, 6.45) is 3.41. The molecular formula is C11H15BrN4O2S2. The summed E-state index contributed by atoms with van der Waals surface area (Å²) in [5.74, 6) is 0. The molecule has 0 amide bonds. The Balaban J connectivity index is 2.13. The first-order chi connectivity index (χ1) is 9.42. The molecule has 0 atom stereocenters. The highest BCUT2D eigenvalue weighted by atomic mass is 79.9. The highest BCUT2D eigenvalue weighted by Gasteiger charge is 2.20. The second kappa shape index (κ2) is 6.35. The number of aromatic nitrogens is 2. The quantitative estimate of drug-likeness (QED) is 0.797. The highest BCUT2D eigenvalue weighted by Crippen LogP contribution is 2.31. The van der Waals surface area contributed by atoms with Crippen LogP contribution in [0.15, 0.2) is 27.1 Å². The van der Waals surface area contributed by atoms with Gasteiger partial charge in [0, 0.05) is 36.8 Å². The van der Waals surface area contributed by atoms with Gasteiger partial charge in [-0.15, -0.1) is 11.3 Å². The van der Waals surface area contributed by atoms with Crippen molar-refractivity contribution in [3.05, 3.63) is 32.7 Å². The lowest BCUT2D eigenvalue weighted by atomic mass is 10.4. The molecule has 0 radical (unpaired) electrons. The van der Waals surface area contributed by atoms with E-state index in [4.69, 9.17) is 0 Å². The van der Waals surface area contributed by atoms with Gasteiger partial charge in [0.1, 0.15) is 4.90 Å². The molecular weight excluding hydrogens is 364 g/mol. The minimum atomic E-state index is -3.53. The number of sulfonamides is 1. The fourth-order valence-corrected chi connectivity index (χ4v) is 5.37. The lowest BCUT2D eigenvalue weighted by molar-refractivity contribution is 0.581. The molecule has 0 aliphatic heterocycles. The first-order valence-corrected chi connectivity index (χ1v) is 8.91. The van der Waals surface area contributed by atoms with E-state index in [1.54, 1.807) is 30.2 Å². The van der Waals surface area contributed by atoms with Crippen LogP contribution in [0, 0.1) is 0 Å². The zero-order valence-electron chi connectivity index (χ0n) is 11.1. The smallest absolute Gasteiger partial charge is 0.242 e. The molecule has 2 rings (SSSR count). The van der Waals surface area contributed by atoms with Gasteiger partial charge in [0.05, 0.1) is 9.98 Å². The summed E-state index contributed by atoms with van der Waals surface area (Å²) in [6, 6.07) is 1.68. The van der Waals surface area contributed by atoms with Crippen LogP contribution in [-0.4, -0.2) is 25.2 Å². The van der Waals surface area contributed by atoms with E-state index < -0.39 is 10.0 Å². The van der Waals surface area contributed by atoms with Crippen LogP contribution in [0.4, 0.5) is 0 Å². The van der Waals surface area contributed by atoms with Crippen molar-refractivity contribution in [2.45, 2.75) is 18.0 Å². The van der Waals surface area contributed by atoms with E-state index in [0.717, 1.165) is 10.4 Å². The van der Waals surface area contributed by atoms with Crippen molar-refractivity contribution < 1.29 is 8.42 Å². The van der Waals surface area contributed by atoms with Gasteiger partial charge in [0.15, 0.2) is 0 Å². The second-order valence-corrected chi connectivity index (χ2v) is 8.42. The average Bonchev–Trinajstić information content (AvgIpc) is 2.94. The van der Waals surface area contributed by atoms with Crippen LogP contribution in [0.1, 0.15) is 10.4 Å². The van der Waals surface area contributed by atoms with E-state index in [0.29, 0.717) is 10.3 Å². The van der Waals surface area contributed by atoms with Crippen molar-refractivity contribution in [1.29, 1.82) is 0 Å². The van der Waals surface area contributed by atoms with Crippen LogP contribution in [0.5, 0.6) is 0 Å². The van der Waals surface area contributed by atoms with E-state index in [1.165, 1.54) is 11.3 Å². The van der Waals surface area contributed by atoms with E-state index in [2.05, 4.69) is 31.1 Å². The first-order valence-electron chi connectivity index (χ1n) is 5.82. The molecule has 0 fully saturated rings. The van der Waals surface area contributed by atoms with Gasteiger partial charge < -0.3 is 5.32 Å². The average molecular weight is 379 g/mol. The molecule has 6 nitrogen and oxygen atoms in total. The van der Waals surface area contributed by atoms with Crippen LogP contribution < -0.4 is 10.0 Å². The minimum absolute atomic E-state index is 0.222. The molecule has 2 heterocycles. The standard InChI is InChI=1S/C11H15BrN4O2S2/c1-13-6-9-3-10(11(12)19-9)20(17,18)15-5-8-4-14-16(2)7-8/h3-4,7,13,15H,5-6H2,1-2H3. The molecule has 2 aromatic rings. The Kier molecular flexibility index (Phi) is 4.97. The predicted octanol–water partition coefficient (Wildman–Crippen LogP) is 1.44. The Bertz CT molecular complexity index is 693. The molecule has 0 unspecified atom stereocenters. The number of aryl methyl sites for hydroxylation is 1. The topological polar surface area (TPSA) is 76.0 Å². The van der Waals surface area contributed by atoms with Crippen LogP contribution in [0.3, 0.4) is 0 Å². The van der Waals surface area contributed by atoms with Gasteiger partial charge in [-0.25, -0.2) is 13.1 Å². The Morgan fingerprint density at radius 2 is 2.20 bits per heavy atom. The maximum atomic E-state index is 12.3.